The van der Waals surface area contributed by atoms with E-state index in [2.05, 4.69) is 27.1 Å². The zero-order valence-electron chi connectivity index (χ0n) is 8.59. The first-order chi connectivity index (χ1) is 6.65. The molecule has 0 spiro atoms. The number of hydrogen-bond acceptors (Lipinski definition) is 2. The minimum atomic E-state index is 0.586. The van der Waals surface area contributed by atoms with Crippen molar-refractivity contribution in [2.75, 3.05) is 11.1 Å². The fraction of sp³-hybridized carbons (Fsp3) is 0.700. The Morgan fingerprint density at radius 3 is 2.79 bits per heavy atom. The first-order valence-electron chi connectivity index (χ1n) is 4.85. The second-order valence-electron chi connectivity index (χ2n) is 4.17. The number of alkyl halides is 1. The molecule has 0 unspecified atom stereocenters. The van der Waals surface area contributed by atoms with Crippen molar-refractivity contribution in [3.05, 3.63) is 11.8 Å². The summed E-state index contributed by atoms with van der Waals surface area (Å²) in [6.07, 6.45) is 2.75. The van der Waals surface area contributed by atoms with Crippen LogP contribution in [0.25, 0.3) is 0 Å². The molecule has 2 nitrogen and oxygen atoms in total. The molecule has 1 aliphatic rings. The average Bonchev–Trinajstić information content (AvgIpc) is 2.86. The number of halogens is 1. The molecule has 0 saturated heterocycles. The molecule has 1 aliphatic carbocycles. The summed E-state index contributed by atoms with van der Waals surface area (Å²) in [5.41, 5.74) is 1.70. The second-order valence-corrected chi connectivity index (χ2v) is 5.73. The molecular weight excluding hydrogens is 260 g/mol. The second kappa shape index (κ2) is 3.89. The SMILES string of the molecule is Cc1cc(SCC2(CBr)CC2)n(C)n1. The van der Waals surface area contributed by atoms with E-state index in [0.29, 0.717) is 5.41 Å². The van der Waals surface area contributed by atoms with Gasteiger partial charge in [0.25, 0.3) is 0 Å². The van der Waals surface area contributed by atoms with Gasteiger partial charge >= 0.3 is 0 Å². The zero-order valence-corrected chi connectivity index (χ0v) is 11.0. The van der Waals surface area contributed by atoms with E-state index in [4.69, 9.17) is 0 Å². The summed E-state index contributed by atoms with van der Waals surface area (Å²) in [5.74, 6) is 1.22. The predicted octanol–water partition coefficient (Wildman–Crippen LogP) is 3.00. The lowest BCUT2D eigenvalue weighted by atomic mass is 10.2. The highest BCUT2D eigenvalue weighted by Crippen LogP contribution is 2.50. The van der Waals surface area contributed by atoms with Gasteiger partial charge in [-0.25, -0.2) is 0 Å². The molecule has 1 aromatic heterocycles. The standard InChI is InChI=1S/C10H15BrN2S/c1-8-5-9(13(2)12-8)14-7-10(6-11)3-4-10/h5H,3-4,6-7H2,1-2H3. The van der Waals surface area contributed by atoms with Crippen molar-refractivity contribution in [3.8, 4) is 0 Å². The summed E-state index contributed by atoms with van der Waals surface area (Å²) >= 11 is 5.53. The van der Waals surface area contributed by atoms with Crippen LogP contribution in [0.15, 0.2) is 11.1 Å². The number of nitrogens with zero attached hydrogens (tertiary/aromatic N) is 2. The van der Waals surface area contributed by atoms with Crippen LogP contribution in [0.4, 0.5) is 0 Å². The summed E-state index contributed by atoms with van der Waals surface area (Å²) < 4.78 is 1.98. The normalized spacial score (nSPS) is 18.5. The molecule has 1 aromatic rings. The van der Waals surface area contributed by atoms with E-state index < -0.39 is 0 Å². The number of aromatic nitrogens is 2. The number of aryl methyl sites for hydroxylation is 2. The molecule has 1 fully saturated rings. The van der Waals surface area contributed by atoms with Crippen LogP contribution in [0.3, 0.4) is 0 Å². The van der Waals surface area contributed by atoms with Crippen molar-refractivity contribution in [1.29, 1.82) is 0 Å². The lowest BCUT2D eigenvalue weighted by molar-refractivity contribution is 0.671. The molecule has 14 heavy (non-hydrogen) atoms. The van der Waals surface area contributed by atoms with Gasteiger partial charge < -0.3 is 0 Å². The third-order valence-electron chi connectivity index (χ3n) is 2.73. The first-order valence-corrected chi connectivity index (χ1v) is 6.95. The number of rotatable bonds is 4. The smallest absolute Gasteiger partial charge is 0.0939 e. The van der Waals surface area contributed by atoms with Gasteiger partial charge in [0.05, 0.1) is 10.7 Å². The Hall–Kier alpha value is 0.0400. The fourth-order valence-corrected chi connectivity index (χ4v) is 3.79. The van der Waals surface area contributed by atoms with E-state index in [1.807, 2.05) is 30.4 Å². The monoisotopic (exact) mass is 274 g/mol. The summed E-state index contributed by atoms with van der Waals surface area (Å²) in [7, 11) is 2.02. The van der Waals surface area contributed by atoms with Crippen molar-refractivity contribution in [2.24, 2.45) is 12.5 Å². The highest BCUT2D eigenvalue weighted by atomic mass is 79.9. The van der Waals surface area contributed by atoms with Crippen LogP contribution in [0.1, 0.15) is 18.5 Å². The van der Waals surface area contributed by atoms with E-state index in [1.165, 1.54) is 23.6 Å². The van der Waals surface area contributed by atoms with E-state index in [1.54, 1.807) is 0 Å². The van der Waals surface area contributed by atoms with Gasteiger partial charge in [-0.1, -0.05) is 15.9 Å². The van der Waals surface area contributed by atoms with Crippen LogP contribution < -0.4 is 0 Å². The van der Waals surface area contributed by atoms with Crippen molar-refractivity contribution >= 4 is 27.7 Å². The quantitative estimate of drug-likeness (QED) is 0.621. The Kier molecular flexibility index (Phi) is 2.93. The van der Waals surface area contributed by atoms with E-state index in [9.17, 15) is 0 Å². The van der Waals surface area contributed by atoms with Crippen LogP contribution in [-0.2, 0) is 7.05 Å². The molecule has 1 heterocycles. The van der Waals surface area contributed by atoms with Crippen molar-refractivity contribution in [3.63, 3.8) is 0 Å². The van der Waals surface area contributed by atoms with Crippen molar-refractivity contribution < 1.29 is 0 Å². The van der Waals surface area contributed by atoms with Gasteiger partial charge in [0.15, 0.2) is 0 Å². The zero-order chi connectivity index (χ0) is 10.2. The molecule has 0 aliphatic heterocycles. The van der Waals surface area contributed by atoms with Gasteiger partial charge in [-0.15, -0.1) is 11.8 Å². The summed E-state index contributed by atoms with van der Waals surface area (Å²) in [6, 6.07) is 2.16. The largest absolute Gasteiger partial charge is 0.262 e. The molecule has 2 rings (SSSR count). The lowest BCUT2D eigenvalue weighted by Crippen LogP contribution is -2.05. The van der Waals surface area contributed by atoms with E-state index >= 15 is 0 Å². The topological polar surface area (TPSA) is 17.8 Å². The Labute approximate surface area is 97.6 Å². The maximum absolute atomic E-state index is 4.34. The molecule has 78 valence electrons. The Morgan fingerprint density at radius 1 is 1.64 bits per heavy atom. The highest BCUT2D eigenvalue weighted by molar-refractivity contribution is 9.09. The van der Waals surface area contributed by atoms with Crippen molar-refractivity contribution in [1.82, 2.24) is 9.78 Å². The van der Waals surface area contributed by atoms with Gasteiger partial charge in [0.2, 0.25) is 0 Å². The van der Waals surface area contributed by atoms with Gasteiger partial charge in [0, 0.05) is 18.1 Å². The summed E-state index contributed by atoms with van der Waals surface area (Å²) in [4.78, 5) is 0. The molecule has 0 atom stereocenters. The van der Waals surface area contributed by atoms with Gasteiger partial charge in [-0.05, 0) is 31.2 Å². The minimum absolute atomic E-state index is 0.586. The minimum Gasteiger partial charge on any atom is -0.262 e. The Bertz CT molecular complexity index is 331. The third kappa shape index (κ3) is 2.16. The van der Waals surface area contributed by atoms with Crippen molar-refractivity contribution in [2.45, 2.75) is 24.8 Å². The highest BCUT2D eigenvalue weighted by Gasteiger charge is 2.41. The number of hydrogen-bond donors (Lipinski definition) is 0. The fourth-order valence-electron chi connectivity index (χ4n) is 1.44. The Balaban J connectivity index is 1.95. The van der Waals surface area contributed by atoms with Crippen LogP contribution in [0, 0.1) is 12.3 Å². The maximum Gasteiger partial charge on any atom is 0.0939 e. The molecular formula is C10H15BrN2S. The van der Waals surface area contributed by atoms with Gasteiger partial charge in [-0.3, -0.25) is 4.68 Å². The molecule has 0 N–H and O–H groups in total. The number of thioether (sulfide) groups is 1. The van der Waals surface area contributed by atoms with Gasteiger partial charge in [-0.2, -0.15) is 5.10 Å². The molecule has 0 aromatic carbocycles. The average molecular weight is 275 g/mol. The Morgan fingerprint density at radius 2 is 2.36 bits per heavy atom. The molecule has 1 saturated carbocycles. The summed E-state index contributed by atoms with van der Waals surface area (Å²) in [5, 5.41) is 6.77. The van der Waals surface area contributed by atoms with Crippen LogP contribution in [0.2, 0.25) is 0 Å². The lowest BCUT2D eigenvalue weighted by Gasteiger charge is -2.09. The molecule has 0 amide bonds. The summed E-state index contributed by atoms with van der Waals surface area (Å²) in [6.45, 7) is 2.04. The third-order valence-corrected chi connectivity index (χ3v) is 5.35. The van der Waals surface area contributed by atoms with Crippen LogP contribution in [-0.4, -0.2) is 20.9 Å². The van der Waals surface area contributed by atoms with Gasteiger partial charge in [0.1, 0.15) is 0 Å². The maximum atomic E-state index is 4.34. The van der Waals surface area contributed by atoms with Crippen LogP contribution >= 0.6 is 27.7 Å². The first kappa shape index (κ1) is 10.6. The molecule has 4 heteroatoms. The van der Waals surface area contributed by atoms with E-state index in [-0.39, 0.29) is 0 Å². The molecule has 0 bridgehead atoms. The van der Waals surface area contributed by atoms with Crippen LogP contribution in [0.5, 0.6) is 0 Å². The molecule has 0 radical (unpaired) electrons. The van der Waals surface area contributed by atoms with E-state index in [0.717, 1.165) is 11.0 Å². The predicted molar refractivity (Wildman–Crippen MR) is 64.1 cm³/mol.